The summed E-state index contributed by atoms with van der Waals surface area (Å²) in [4.78, 5) is 8.84. The molecular formula is C20H23N3S. The van der Waals surface area contributed by atoms with Crippen LogP contribution in [0, 0.1) is 5.92 Å². The molecule has 124 valence electrons. The number of benzene rings is 2. The maximum absolute atomic E-state index is 5.13. The van der Waals surface area contributed by atoms with Crippen molar-refractivity contribution in [2.24, 2.45) is 10.9 Å². The fourth-order valence-corrected chi connectivity index (χ4v) is 4.02. The Balaban J connectivity index is 1.83. The number of thioether (sulfide) groups is 1. The SMILES string of the molecule is CSc1ccc2c(c1)C(C1CCN(C)CC1)=Nc1ccccc1N2. The molecule has 0 spiro atoms. The Kier molecular flexibility index (Phi) is 4.33. The van der Waals surface area contributed by atoms with Crippen LogP contribution in [0.1, 0.15) is 18.4 Å². The monoisotopic (exact) mass is 337 g/mol. The van der Waals surface area contributed by atoms with Gasteiger partial charge in [0.25, 0.3) is 0 Å². The molecule has 2 aromatic carbocycles. The Morgan fingerprint density at radius 2 is 1.88 bits per heavy atom. The Morgan fingerprint density at radius 1 is 1.08 bits per heavy atom. The molecule has 24 heavy (non-hydrogen) atoms. The topological polar surface area (TPSA) is 27.6 Å². The third-order valence-corrected chi connectivity index (χ3v) is 5.75. The van der Waals surface area contributed by atoms with E-state index in [-0.39, 0.29) is 0 Å². The fraction of sp³-hybridized carbons (Fsp3) is 0.350. The van der Waals surface area contributed by atoms with Gasteiger partial charge in [-0.15, -0.1) is 11.8 Å². The van der Waals surface area contributed by atoms with Crippen molar-refractivity contribution >= 4 is 34.5 Å². The molecule has 3 nitrogen and oxygen atoms in total. The lowest BCUT2D eigenvalue weighted by molar-refractivity contribution is 0.252. The number of nitrogens with zero attached hydrogens (tertiary/aromatic N) is 2. The van der Waals surface area contributed by atoms with Crippen molar-refractivity contribution in [1.29, 1.82) is 0 Å². The molecule has 2 aliphatic heterocycles. The van der Waals surface area contributed by atoms with Gasteiger partial charge in [0.2, 0.25) is 0 Å². The molecule has 0 saturated carbocycles. The van der Waals surface area contributed by atoms with E-state index < -0.39 is 0 Å². The third-order valence-electron chi connectivity index (χ3n) is 5.02. The van der Waals surface area contributed by atoms with Crippen LogP contribution in [0.15, 0.2) is 52.4 Å². The number of likely N-dealkylation sites (tertiary alicyclic amines) is 1. The van der Waals surface area contributed by atoms with Crippen LogP contribution in [0.3, 0.4) is 0 Å². The zero-order valence-corrected chi connectivity index (χ0v) is 15.1. The Bertz CT molecular complexity index is 776. The maximum Gasteiger partial charge on any atom is 0.0868 e. The summed E-state index contributed by atoms with van der Waals surface area (Å²) >= 11 is 1.79. The average Bonchev–Trinajstić information content (AvgIpc) is 2.78. The first-order chi connectivity index (χ1) is 11.7. The van der Waals surface area contributed by atoms with Crippen LogP contribution in [0.5, 0.6) is 0 Å². The lowest BCUT2D eigenvalue weighted by Gasteiger charge is -2.30. The number of hydrogen-bond donors (Lipinski definition) is 1. The summed E-state index contributed by atoms with van der Waals surface area (Å²) < 4.78 is 0. The molecule has 0 radical (unpaired) electrons. The Morgan fingerprint density at radius 3 is 2.67 bits per heavy atom. The van der Waals surface area contributed by atoms with Gasteiger partial charge in [0, 0.05) is 22.1 Å². The number of fused-ring (bicyclic) bond motifs is 2. The zero-order valence-electron chi connectivity index (χ0n) is 14.2. The first-order valence-electron chi connectivity index (χ1n) is 8.56. The summed E-state index contributed by atoms with van der Waals surface area (Å²) in [5.74, 6) is 0.532. The minimum Gasteiger partial charge on any atom is -0.353 e. The first-order valence-corrected chi connectivity index (χ1v) is 9.78. The van der Waals surface area contributed by atoms with E-state index in [1.807, 2.05) is 0 Å². The van der Waals surface area contributed by atoms with E-state index in [4.69, 9.17) is 4.99 Å². The molecule has 1 N–H and O–H groups in total. The number of rotatable bonds is 2. The van der Waals surface area contributed by atoms with E-state index in [1.165, 1.54) is 34.7 Å². The van der Waals surface area contributed by atoms with Gasteiger partial charge in [-0.3, -0.25) is 4.99 Å². The van der Waals surface area contributed by atoms with E-state index in [2.05, 4.69) is 66.0 Å². The molecule has 0 amide bonds. The molecule has 2 heterocycles. The average molecular weight is 337 g/mol. The van der Waals surface area contributed by atoms with Gasteiger partial charge in [-0.25, -0.2) is 0 Å². The molecule has 4 heteroatoms. The number of hydrogen-bond acceptors (Lipinski definition) is 4. The summed E-state index contributed by atoms with van der Waals surface area (Å²) in [6, 6.07) is 15.1. The van der Waals surface area contributed by atoms with Crippen molar-refractivity contribution in [3.8, 4) is 0 Å². The summed E-state index contributed by atoms with van der Waals surface area (Å²) in [5.41, 5.74) is 5.85. The second kappa shape index (κ2) is 6.61. The highest BCUT2D eigenvalue weighted by Crippen LogP contribution is 2.38. The first kappa shape index (κ1) is 15.7. The van der Waals surface area contributed by atoms with E-state index in [1.54, 1.807) is 11.8 Å². The second-order valence-corrected chi connectivity index (χ2v) is 7.51. The van der Waals surface area contributed by atoms with E-state index in [0.717, 1.165) is 24.5 Å². The smallest absolute Gasteiger partial charge is 0.0868 e. The van der Waals surface area contributed by atoms with Gasteiger partial charge in [0.1, 0.15) is 0 Å². The molecule has 0 aliphatic carbocycles. The molecule has 1 saturated heterocycles. The van der Waals surface area contributed by atoms with Crippen LogP contribution in [0.2, 0.25) is 0 Å². The van der Waals surface area contributed by atoms with Crippen LogP contribution in [-0.2, 0) is 0 Å². The molecule has 0 atom stereocenters. The van der Waals surface area contributed by atoms with Crippen molar-refractivity contribution < 1.29 is 0 Å². The van der Waals surface area contributed by atoms with E-state index in [9.17, 15) is 0 Å². The lowest BCUT2D eigenvalue weighted by atomic mass is 9.87. The second-order valence-electron chi connectivity index (χ2n) is 6.63. The van der Waals surface area contributed by atoms with Crippen LogP contribution in [0.4, 0.5) is 17.1 Å². The number of aliphatic imine (C=N–C) groups is 1. The van der Waals surface area contributed by atoms with E-state index >= 15 is 0 Å². The van der Waals surface area contributed by atoms with Gasteiger partial charge < -0.3 is 10.2 Å². The summed E-state index contributed by atoms with van der Waals surface area (Å²) in [6.07, 6.45) is 4.49. The Labute approximate surface area is 148 Å². The van der Waals surface area contributed by atoms with Crippen molar-refractivity contribution in [3.05, 3.63) is 48.0 Å². The molecule has 0 bridgehead atoms. The van der Waals surface area contributed by atoms with Crippen LogP contribution in [0.25, 0.3) is 0 Å². The predicted molar refractivity (Wildman–Crippen MR) is 104 cm³/mol. The number of para-hydroxylation sites is 2. The van der Waals surface area contributed by atoms with Crippen molar-refractivity contribution in [2.45, 2.75) is 17.7 Å². The molecule has 0 aromatic heterocycles. The minimum absolute atomic E-state index is 0.532. The van der Waals surface area contributed by atoms with Gasteiger partial charge in [0.05, 0.1) is 17.1 Å². The number of piperidine rings is 1. The summed E-state index contributed by atoms with van der Waals surface area (Å²) in [7, 11) is 2.21. The highest BCUT2D eigenvalue weighted by Gasteiger charge is 2.26. The molecule has 0 unspecified atom stereocenters. The van der Waals surface area contributed by atoms with Crippen molar-refractivity contribution in [3.63, 3.8) is 0 Å². The highest BCUT2D eigenvalue weighted by atomic mass is 32.2. The van der Waals surface area contributed by atoms with Crippen molar-refractivity contribution in [2.75, 3.05) is 31.7 Å². The maximum atomic E-state index is 5.13. The molecule has 2 aromatic rings. The summed E-state index contributed by atoms with van der Waals surface area (Å²) in [6.45, 7) is 2.30. The zero-order chi connectivity index (χ0) is 16.5. The summed E-state index contributed by atoms with van der Waals surface area (Å²) in [5, 5.41) is 3.60. The fourth-order valence-electron chi connectivity index (χ4n) is 3.58. The van der Waals surface area contributed by atoms with Crippen LogP contribution in [-0.4, -0.2) is 37.0 Å². The van der Waals surface area contributed by atoms with Crippen molar-refractivity contribution in [1.82, 2.24) is 4.90 Å². The largest absolute Gasteiger partial charge is 0.353 e. The molecule has 2 aliphatic rings. The van der Waals surface area contributed by atoms with Gasteiger partial charge in [-0.05, 0) is 69.6 Å². The highest BCUT2D eigenvalue weighted by molar-refractivity contribution is 7.98. The number of nitrogens with one attached hydrogen (secondary N) is 1. The van der Waals surface area contributed by atoms with Crippen LogP contribution >= 0.6 is 11.8 Å². The van der Waals surface area contributed by atoms with Crippen LogP contribution < -0.4 is 5.32 Å². The minimum atomic E-state index is 0.532. The van der Waals surface area contributed by atoms with Gasteiger partial charge in [0.15, 0.2) is 0 Å². The van der Waals surface area contributed by atoms with Gasteiger partial charge in [-0.2, -0.15) is 0 Å². The predicted octanol–water partition coefficient (Wildman–Crippen LogP) is 4.93. The standard InChI is InChI=1S/C20H23N3S/c1-23-11-9-14(10-12-23)20-16-13-15(24-2)7-8-17(16)21-18-5-3-4-6-19(18)22-20/h3-8,13-14,21H,9-12H2,1-2H3. The molecular weight excluding hydrogens is 314 g/mol. The normalized spacial score (nSPS) is 18.2. The quantitative estimate of drug-likeness (QED) is 0.788. The third kappa shape index (κ3) is 2.96. The van der Waals surface area contributed by atoms with Gasteiger partial charge in [-0.1, -0.05) is 12.1 Å². The Hall–Kier alpha value is -1.78. The molecule has 4 rings (SSSR count). The lowest BCUT2D eigenvalue weighted by Crippen LogP contribution is -2.34. The van der Waals surface area contributed by atoms with E-state index in [0.29, 0.717) is 5.92 Å². The number of anilines is 2. The molecule has 1 fully saturated rings. The van der Waals surface area contributed by atoms with Gasteiger partial charge >= 0.3 is 0 Å².